The van der Waals surface area contributed by atoms with E-state index in [0.29, 0.717) is 155 Å². The zero-order valence-electron chi connectivity index (χ0n) is 60.9. The Morgan fingerprint density at radius 1 is 0.337 bits per heavy atom. The molecule has 0 spiro atoms. The van der Waals surface area contributed by atoms with Gasteiger partial charge in [-0.05, 0) is 83.5 Å². The summed E-state index contributed by atoms with van der Waals surface area (Å²) in [6, 6.07) is 0. The van der Waals surface area contributed by atoms with E-state index in [1.165, 1.54) is 0 Å². The summed E-state index contributed by atoms with van der Waals surface area (Å²) in [4.78, 5) is 90.9. The molecule has 3 saturated heterocycles. The molecule has 2 amide bonds. The number of unbranched alkanes of at least 4 members (excludes halogenated alkanes) is 9. The van der Waals surface area contributed by atoms with Gasteiger partial charge in [0.05, 0.1) is 91.0 Å². The Balaban J connectivity index is 1.49. The maximum absolute atomic E-state index is 13.9. The van der Waals surface area contributed by atoms with E-state index in [1.807, 2.05) is 0 Å². The highest BCUT2D eigenvalue weighted by Crippen LogP contribution is 2.31. The molecule has 0 saturated carbocycles. The van der Waals surface area contributed by atoms with Crippen molar-refractivity contribution >= 4 is 40.7 Å². The van der Waals surface area contributed by atoms with Crippen LogP contribution in [0.15, 0.2) is 0 Å². The molecular weight excluding hydrogens is 1320 g/mol. The quantitative estimate of drug-likeness (QED) is 0.0390. The number of ketones is 5. The van der Waals surface area contributed by atoms with E-state index in [9.17, 15) is 79.5 Å². The first-order valence-corrected chi connectivity index (χ1v) is 37.2. The first-order valence-electron chi connectivity index (χ1n) is 37.2. The average Bonchev–Trinajstić information content (AvgIpc) is 0.838. The summed E-state index contributed by atoms with van der Waals surface area (Å²) in [6.07, 6.45) is 0.374. The topological polar surface area (TPSA) is 427 Å². The number of aliphatic hydroxyl groups excluding tert-OH is 9. The lowest BCUT2D eigenvalue weighted by Gasteiger charge is -2.40. The Bertz CT molecular complexity index is 2040. The molecule has 3 rings (SSSR count). The molecule has 0 aromatic rings. The van der Waals surface area contributed by atoms with E-state index in [-0.39, 0.29) is 145 Å². The molecule has 0 radical (unpaired) electrons. The molecule has 0 bridgehead atoms. The van der Waals surface area contributed by atoms with Crippen molar-refractivity contribution < 1.29 is 132 Å². The average molecular weight is 1450 g/mol. The summed E-state index contributed by atoms with van der Waals surface area (Å²) < 4.78 is 63.2. The second kappa shape index (κ2) is 55.0. The molecule has 3 aliphatic heterocycles. The summed E-state index contributed by atoms with van der Waals surface area (Å²) in [5.41, 5.74) is -1.06. The fourth-order valence-corrected chi connectivity index (χ4v) is 12.1. The van der Waals surface area contributed by atoms with Crippen LogP contribution in [0.4, 0.5) is 0 Å². The van der Waals surface area contributed by atoms with Crippen LogP contribution in [0.1, 0.15) is 201 Å². The van der Waals surface area contributed by atoms with Gasteiger partial charge in [0.1, 0.15) is 65.5 Å². The molecule has 588 valence electrons. The third-order valence-corrected chi connectivity index (χ3v) is 18.7. The smallest absolute Gasteiger partial charge is 0.222 e. The second-order valence-corrected chi connectivity index (χ2v) is 27.5. The highest BCUT2D eigenvalue weighted by atomic mass is 16.7. The van der Waals surface area contributed by atoms with E-state index in [0.717, 1.165) is 12.8 Å². The molecule has 15 atom stereocenters. The normalized spacial score (nSPS) is 25.9. The first-order chi connectivity index (χ1) is 48.6. The Morgan fingerprint density at radius 3 is 1.03 bits per heavy atom. The number of Topliss-reactive ketones (excluding diaryl/α,β-unsaturated/α-hetero) is 5. The van der Waals surface area contributed by atoms with E-state index in [1.54, 1.807) is 27.9 Å². The van der Waals surface area contributed by atoms with Gasteiger partial charge in [0.2, 0.25) is 11.8 Å². The van der Waals surface area contributed by atoms with E-state index >= 15 is 0 Å². The summed E-state index contributed by atoms with van der Waals surface area (Å²) in [7, 11) is 1.60. The van der Waals surface area contributed by atoms with Gasteiger partial charge in [0.25, 0.3) is 0 Å². The molecular formula is C72H128N2O27. The van der Waals surface area contributed by atoms with Gasteiger partial charge < -0.3 is 109 Å². The van der Waals surface area contributed by atoms with Crippen molar-refractivity contribution in [1.29, 1.82) is 0 Å². The zero-order valence-corrected chi connectivity index (χ0v) is 60.9. The molecule has 3 fully saturated rings. The molecule has 11 N–H and O–H groups in total. The minimum Gasteiger partial charge on any atom is -0.394 e. The number of carbonyl (C=O) groups excluding carboxylic acids is 7. The van der Waals surface area contributed by atoms with Crippen LogP contribution in [0.25, 0.3) is 0 Å². The Kier molecular flexibility index (Phi) is 49.9. The SMILES string of the molecule is COCCOCCCCCC(=O)CC(COCCC(=O)CCCCCC(=O)CCCCOC1OC(CO)C(O)C(O)C1C)(COCCC(=O)CCCCCC(=O)CCCCOC1OC(CO)C(O)C(O)C1C)COCCC(=O)NCCCNC(=O)CCCCOC1OC(CO)C(O)C(O)C1C. The summed E-state index contributed by atoms with van der Waals surface area (Å²) in [5, 5.41) is 95.1. The summed E-state index contributed by atoms with van der Waals surface area (Å²) in [6.45, 7) is 6.57. The molecule has 29 heteroatoms. The first kappa shape index (κ1) is 91.7. The number of amides is 2. The third-order valence-electron chi connectivity index (χ3n) is 18.7. The van der Waals surface area contributed by atoms with Crippen LogP contribution in [0.2, 0.25) is 0 Å². The largest absolute Gasteiger partial charge is 0.394 e. The summed E-state index contributed by atoms with van der Waals surface area (Å²) in [5.74, 6) is -1.88. The van der Waals surface area contributed by atoms with Crippen LogP contribution in [0.3, 0.4) is 0 Å². The molecule has 3 heterocycles. The fraction of sp³-hybridized carbons (Fsp3) is 0.903. The number of ether oxygens (including phenoxy) is 11. The van der Waals surface area contributed by atoms with Crippen LogP contribution in [0.5, 0.6) is 0 Å². The van der Waals surface area contributed by atoms with Crippen LogP contribution in [-0.4, -0.2) is 280 Å². The van der Waals surface area contributed by atoms with Crippen molar-refractivity contribution in [3.8, 4) is 0 Å². The predicted molar refractivity (Wildman–Crippen MR) is 367 cm³/mol. The van der Waals surface area contributed by atoms with Gasteiger partial charge >= 0.3 is 0 Å². The molecule has 15 unspecified atom stereocenters. The summed E-state index contributed by atoms with van der Waals surface area (Å²) >= 11 is 0. The molecule has 101 heavy (non-hydrogen) atoms. The second-order valence-electron chi connectivity index (χ2n) is 27.5. The monoisotopic (exact) mass is 1450 g/mol. The van der Waals surface area contributed by atoms with E-state index in [2.05, 4.69) is 10.6 Å². The number of nitrogens with one attached hydrogen (secondary N) is 2. The Labute approximate surface area is 597 Å². The zero-order chi connectivity index (χ0) is 74.2. The number of rotatable bonds is 63. The van der Waals surface area contributed by atoms with Crippen molar-refractivity contribution in [2.24, 2.45) is 23.2 Å². The minimum absolute atomic E-state index is 0.00417. The van der Waals surface area contributed by atoms with Crippen molar-refractivity contribution in [2.75, 3.05) is 119 Å². The van der Waals surface area contributed by atoms with Gasteiger partial charge in [-0.2, -0.15) is 0 Å². The van der Waals surface area contributed by atoms with E-state index < -0.39 is 117 Å². The predicted octanol–water partition coefficient (Wildman–Crippen LogP) is 2.96. The minimum atomic E-state index is -1.22. The number of hydrogen-bond donors (Lipinski definition) is 11. The molecule has 3 aliphatic rings. The third kappa shape index (κ3) is 38.6. The van der Waals surface area contributed by atoms with Crippen LogP contribution in [0, 0.1) is 23.2 Å². The Morgan fingerprint density at radius 2 is 0.653 bits per heavy atom. The van der Waals surface area contributed by atoms with Gasteiger partial charge in [0.15, 0.2) is 18.9 Å². The highest BCUT2D eigenvalue weighted by Gasteiger charge is 2.45. The lowest BCUT2D eigenvalue weighted by molar-refractivity contribution is -0.282. The number of methoxy groups -OCH3 is 1. The maximum atomic E-state index is 13.9. The van der Waals surface area contributed by atoms with E-state index in [4.69, 9.17) is 52.1 Å². The maximum Gasteiger partial charge on any atom is 0.222 e. The molecule has 0 aromatic heterocycles. The van der Waals surface area contributed by atoms with Gasteiger partial charge in [-0.3, -0.25) is 33.6 Å². The van der Waals surface area contributed by atoms with Gasteiger partial charge in [-0.25, -0.2) is 0 Å². The van der Waals surface area contributed by atoms with Crippen LogP contribution < -0.4 is 10.6 Å². The molecule has 0 aromatic carbocycles. The lowest BCUT2D eigenvalue weighted by Crippen LogP contribution is -2.55. The number of carbonyl (C=O) groups is 7. The standard InChI is InChI=1S/C72H128N2O27/c1-50-63(85)66(88)58(44-75)99-69(50)96-35-17-13-25-53(78)21-8-5-10-23-55(80)29-38-93-47-72(43-57(82)27-12-7-16-34-92-42-41-91-4,48-94-39-30-56(81)24-11-6-9-22-54(79)26-14-18-36-97-70-51(2)64(86)67(89)59(45-76)100-70)49-95-40-31-62(84)74-33-20-32-73-61(83)28-15-19-37-98-71-52(3)65(87)68(90)60(46-77)101-71/h50-52,58-60,63-71,75-77,85-90H,5-49H2,1-4H3,(H,73,83)(H,74,84). The van der Waals surface area contributed by atoms with Gasteiger partial charge in [-0.15, -0.1) is 0 Å². The molecule has 0 aliphatic carbocycles. The number of hydrogen-bond acceptors (Lipinski definition) is 27. The fourth-order valence-electron chi connectivity index (χ4n) is 12.1. The van der Waals surface area contributed by atoms with Gasteiger partial charge in [0, 0.05) is 147 Å². The van der Waals surface area contributed by atoms with Crippen LogP contribution in [-0.2, 0) is 85.7 Å². The lowest BCUT2D eigenvalue weighted by atomic mass is 9.84. The molecule has 29 nitrogen and oxygen atoms in total. The highest BCUT2D eigenvalue weighted by molar-refractivity contribution is 5.80. The Hall–Kier alpha value is -3.51. The van der Waals surface area contributed by atoms with Crippen LogP contribution >= 0.6 is 0 Å². The van der Waals surface area contributed by atoms with Crippen molar-refractivity contribution in [2.45, 2.75) is 274 Å². The van der Waals surface area contributed by atoms with Crippen molar-refractivity contribution in [3.63, 3.8) is 0 Å². The van der Waals surface area contributed by atoms with Crippen molar-refractivity contribution in [3.05, 3.63) is 0 Å². The number of aliphatic hydroxyl groups is 9. The van der Waals surface area contributed by atoms with Crippen molar-refractivity contribution in [1.82, 2.24) is 10.6 Å². The van der Waals surface area contributed by atoms with Gasteiger partial charge in [-0.1, -0.05) is 40.0 Å².